The van der Waals surface area contributed by atoms with Gasteiger partial charge in [-0.15, -0.1) is 0 Å². The normalized spacial score (nSPS) is 13.4. The SMILES string of the molecule is NC(=O)C(Cc1cnc[nH]1)NC(=O)OCC1c2ccccc2-c2ccccc21. The third-order valence-corrected chi connectivity index (χ3v) is 4.96. The van der Waals surface area contributed by atoms with E-state index in [0.29, 0.717) is 5.69 Å². The number of fused-ring (bicyclic) bond motifs is 3. The number of carbonyl (C=O) groups excluding carboxylic acids is 2. The summed E-state index contributed by atoms with van der Waals surface area (Å²) in [6.07, 6.45) is 2.63. The molecular formula is C21H20N4O3. The molecule has 0 saturated carbocycles. The van der Waals surface area contributed by atoms with Crippen LogP contribution in [-0.4, -0.2) is 34.6 Å². The zero-order valence-corrected chi connectivity index (χ0v) is 15.1. The van der Waals surface area contributed by atoms with Crippen molar-refractivity contribution < 1.29 is 14.3 Å². The Morgan fingerprint density at radius 2 is 1.75 bits per heavy atom. The van der Waals surface area contributed by atoms with E-state index in [9.17, 15) is 9.59 Å². The van der Waals surface area contributed by atoms with Gasteiger partial charge in [0, 0.05) is 24.2 Å². The van der Waals surface area contributed by atoms with Crippen molar-refractivity contribution in [2.75, 3.05) is 6.61 Å². The van der Waals surface area contributed by atoms with Gasteiger partial charge >= 0.3 is 6.09 Å². The fourth-order valence-electron chi connectivity index (χ4n) is 3.62. The molecule has 1 aliphatic rings. The second-order valence-corrected chi connectivity index (χ2v) is 6.71. The minimum absolute atomic E-state index is 0.0437. The van der Waals surface area contributed by atoms with E-state index in [1.54, 1.807) is 6.20 Å². The number of alkyl carbamates (subject to hydrolysis) is 1. The maximum absolute atomic E-state index is 12.3. The summed E-state index contributed by atoms with van der Waals surface area (Å²) in [5.74, 6) is -0.680. The topological polar surface area (TPSA) is 110 Å². The Kier molecular flexibility index (Phi) is 4.80. The Labute approximate surface area is 161 Å². The molecule has 1 heterocycles. The Morgan fingerprint density at radius 1 is 1.11 bits per heavy atom. The lowest BCUT2D eigenvalue weighted by Crippen LogP contribution is -2.46. The molecule has 1 aliphatic carbocycles. The van der Waals surface area contributed by atoms with E-state index < -0.39 is 18.0 Å². The van der Waals surface area contributed by atoms with Crippen LogP contribution in [0.1, 0.15) is 22.7 Å². The molecule has 0 aliphatic heterocycles. The van der Waals surface area contributed by atoms with Crippen molar-refractivity contribution >= 4 is 12.0 Å². The molecule has 7 nitrogen and oxygen atoms in total. The lowest BCUT2D eigenvalue weighted by atomic mass is 9.98. The summed E-state index contributed by atoms with van der Waals surface area (Å²) in [4.78, 5) is 30.7. The first-order valence-electron chi connectivity index (χ1n) is 9.01. The van der Waals surface area contributed by atoms with Crippen LogP contribution in [0.3, 0.4) is 0 Å². The highest BCUT2D eigenvalue weighted by Crippen LogP contribution is 2.44. The predicted octanol–water partition coefficient (Wildman–Crippen LogP) is 2.34. The average molecular weight is 376 g/mol. The van der Waals surface area contributed by atoms with Crippen LogP contribution in [0.5, 0.6) is 0 Å². The van der Waals surface area contributed by atoms with Crippen LogP contribution >= 0.6 is 0 Å². The molecule has 1 atom stereocenters. The molecule has 0 spiro atoms. The summed E-state index contributed by atoms with van der Waals surface area (Å²) in [6.45, 7) is 0.176. The van der Waals surface area contributed by atoms with Crippen LogP contribution in [-0.2, 0) is 16.0 Å². The van der Waals surface area contributed by atoms with Crippen LogP contribution in [0.15, 0.2) is 61.1 Å². The van der Waals surface area contributed by atoms with Crippen molar-refractivity contribution in [3.8, 4) is 11.1 Å². The standard InChI is InChI=1S/C21H20N4O3/c22-20(26)19(9-13-10-23-12-24-13)25-21(27)28-11-18-16-7-3-1-5-14(16)15-6-2-4-8-17(15)18/h1-8,10,12,18-19H,9,11H2,(H2,22,26)(H,23,24)(H,25,27). The van der Waals surface area contributed by atoms with E-state index in [2.05, 4.69) is 27.4 Å². The summed E-state index contributed by atoms with van der Waals surface area (Å²) in [7, 11) is 0. The van der Waals surface area contributed by atoms with Gasteiger partial charge in [-0.3, -0.25) is 4.79 Å². The van der Waals surface area contributed by atoms with E-state index in [0.717, 1.165) is 22.3 Å². The van der Waals surface area contributed by atoms with E-state index >= 15 is 0 Å². The van der Waals surface area contributed by atoms with Gasteiger partial charge in [0.1, 0.15) is 12.6 Å². The number of ether oxygens (including phenoxy) is 1. The number of aromatic amines is 1. The largest absolute Gasteiger partial charge is 0.449 e. The molecule has 2 amide bonds. The fraction of sp³-hybridized carbons (Fsp3) is 0.190. The molecule has 1 unspecified atom stereocenters. The number of hydrogen-bond acceptors (Lipinski definition) is 4. The van der Waals surface area contributed by atoms with Gasteiger partial charge in [0.25, 0.3) is 0 Å². The lowest BCUT2D eigenvalue weighted by Gasteiger charge is -2.17. The predicted molar refractivity (Wildman–Crippen MR) is 103 cm³/mol. The van der Waals surface area contributed by atoms with Crippen molar-refractivity contribution in [1.29, 1.82) is 0 Å². The van der Waals surface area contributed by atoms with Crippen molar-refractivity contribution in [3.05, 3.63) is 77.9 Å². The monoisotopic (exact) mass is 376 g/mol. The highest BCUT2D eigenvalue weighted by Gasteiger charge is 2.29. The average Bonchev–Trinajstić information content (AvgIpc) is 3.32. The van der Waals surface area contributed by atoms with Crippen LogP contribution in [0.4, 0.5) is 4.79 Å². The van der Waals surface area contributed by atoms with Gasteiger partial charge in [-0.2, -0.15) is 0 Å². The highest BCUT2D eigenvalue weighted by atomic mass is 16.5. The van der Waals surface area contributed by atoms with Gasteiger partial charge in [0.15, 0.2) is 0 Å². The number of nitrogens with two attached hydrogens (primary N) is 1. The van der Waals surface area contributed by atoms with Crippen molar-refractivity contribution in [2.24, 2.45) is 5.73 Å². The number of aromatic nitrogens is 2. The van der Waals surface area contributed by atoms with Crippen LogP contribution < -0.4 is 11.1 Å². The minimum Gasteiger partial charge on any atom is -0.449 e. The molecule has 142 valence electrons. The number of nitrogens with one attached hydrogen (secondary N) is 2. The zero-order chi connectivity index (χ0) is 19.5. The molecule has 3 aromatic rings. The molecule has 0 radical (unpaired) electrons. The van der Waals surface area contributed by atoms with Gasteiger partial charge in [0.2, 0.25) is 5.91 Å². The fourth-order valence-corrected chi connectivity index (χ4v) is 3.62. The Morgan fingerprint density at radius 3 is 2.32 bits per heavy atom. The minimum atomic E-state index is -0.879. The van der Waals surface area contributed by atoms with Crippen LogP contribution in [0.2, 0.25) is 0 Å². The molecule has 28 heavy (non-hydrogen) atoms. The second kappa shape index (κ2) is 7.56. The lowest BCUT2D eigenvalue weighted by molar-refractivity contribution is -0.119. The number of primary amides is 1. The summed E-state index contributed by atoms with van der Waals surface area (Å²) in [5.41, 5.74) is 10.7. The van der Waals surface area contributed by atoms with E-state index in [1.807, 2.05) is 36.4 Å². The van der Waals surface area contributed by atoms with Gasteiger partial charge in [0.05, 0.1) is 6.33 Å². The number of H-pyrrole nitrogens is 1. The summed E-state index contributed by atoms with van der Waals surface area (Å²) >= 11 is 0. The third kappa shape index (κ3) is 3.46. The Hall–Kier alpha value is -3.61. The number of rotatable bonds is 6. The highest BCUT2D eigenvalue weighted by molar-refractivity contribution is 5.84. The number of carbonyl (C=O) groups is 2. The first kappa shape index (κ1) is 17.8. The van der Waals surface area contributed by atoms with Crippen LogP contribution in [0, 0.1) is 0 Å². The number of hydrogen-bond donors (Lipinski definition) is 3. The van der Waals surface area contributed by atoms with Gasteiger partial charge in [-0.1, -0.05) is 48.5 Å². The third-order valence-electron chi connectivity index (χ3n) is 4.96. The number of nitrogens with zero attached hydrogens (tertiary/aromatic N) is 1. The van der Waals surface area contributed by atoms with E-state index in [4.69, 9.17) is 10.5 Å². The molecule has 0 bridgehead atoms. The van der Waals surface area contributed by atoms with Crippen LogP contribution in [0.25, 0.3) is 11.1 Å². The molecule has 4 N–H and O–H groups in total. The number of amides is 2. The van der Waals surface area contributed by atoms with E-state index in [1.165, 1.54) is 6.33 Å². The molecule has 0 saturated heterocycles. The Balaban J connectivity index is 1.44. The van der Waals surface area contributed by atoms with Crippen molar-refractivity contribution in [2.45, 2.75) is 18.4 Å². The Bertz CT molecular complexity index is 955. The maximum Gasteiger partial charge on any atom is 0.407 e. The van der Waals surface area contributed by atoms with E-state index in [-0.39, 0.29) is 18.9 Å². The molecule has 1 aromatic heterocycles. The summed E-state index contributed by atoms with van der Waals surface area (Å²) in [6, 6.07) is 15.3. The number of benzene rings is 2. The van der Waals surface area contributed by atoms with Gasteiger partial charge in [-0.05, 0) is 22.3 Å². The summed E-state index contributed by atoms with van der Waals surface area (Å²) < 4.78 is 5.46. The maximum atomic E-state index is 12.3. The van der Waals surface area contributed by atoms with Crippen molar-refractivity contribution in [1.82, 2.24) is 15.3 Å². The molecule has 0 fully saturated rings. The molecular weight excluding hydrogens is 356 g/mol. The first-order chi connectivity index (χ1) is 13.6. The number of imidazole rings is 1. The smallest absolute Gasteiger partial charge is 0.407 e. The molecule has 2 aromatic carbocycles. The molecule has 4 rings (SSSR count). The van der Waals surface area contributed by atoms with Crippen molar-refractivity contribution in [3.63, 3.8) is 0 Å². The quantitative estimate of drug-likeness (QED) is 0.613. The molecule has 7 heteroatoms. The van der Waals surface area contributed by atoms with Gasteiger partial charge < -0.3 is 20.8 Å². The second-order valence-electron chi connectivity index (χ2n) is 6.71. The van der Waals surface area contributed by atoms with Gasteiger partial charge in [-0.25, -0.2) is 9.78 Å². The zero-order valence-electron chi connectivity index (χ0n) is 15.1. The summed E-state index contributed by atoms with van der Waals surface area (Å²) in [5, 5.41) is 2.54. The first-order valence-corrected chi connectivity index (χ1v) is 9.01.